The van der Waals surface area contributed by atoms with Crippen molar-refractivity contribution in [3.05, 3.63) is 58.5 Å². The third kappa shape index (κ3) is 4.24. The van der Waals surface area contributed by atoms with E-state index in [2.05, 4.69) is 0 Å². The maximum atomic E-state index is 12.9. The molecule has 156 valence electrons. The van der Waals surface area contributed by atoms with Gasteiger partial charge in [0, 0.05) is 5.41 Å². The van der Waals surface area contributed by atoms with Crippen molar-refractivity contribution in [2.75, 3.05) is 4.72 Å². The zero-order chi connectivity index (χ0) is 21.8. The number of sulfonamides is 1. The lowest BCUT2D eigenvalue weighted by Gasteiger charge is -2.15. The third-order valence-electron chi connectivity index (χ3n) is 3.87. The smallest absolute Gasteiger partial charge is 0.280 e. The fourth-order valence-corrected chi connectivity index (χ4v) is 4.86. The third-order valence-corrected chi connectivity index (χ3v) is 6.69. The second-order valence-corrected chi connectivity index (χ2v) is 9.43. The van der Waals surface area contributed by atoms with Crippen molar-refractivity contribution in [1.82, 2.24) is 0 Å². The minimum Gasteiger partial charge on any atom is -0.280 e. The van der Waals surface area contributed by atoms with Crippen LogP contribution in [-0.2, 0) is 32.2 Å². The Morgan fingerprint density at radius 3 is 1.90 bits per heavy atom. The fraction of sp³-hybridized carbons (Fsp3) is 0.125. The molecule has 0 bridgehead atoms. The van der Waals surface area contributed by atoms with Gasteiger partial charge in [0.15, 0.2) is 0 Å². The summed E-state index contributed by atoms with van der Waals surface area (Å²) in [7, 11) is -8.71. The number of rotatable bonds is 3. The zero-order valence-electron chi connectivity index (χ0n) is 13.8. The van der Waals surface area contributed by atoms with Crippen molar-refractivity contribution in [3.8, 4) is 0 Å². The summed E-state index contributed by atoms with van der Waals surface area (Å²) < 4.78 is 128. The number of benzene rings is 2. The molecule has 13 heteroatoms. The minimum absolute atomic E-state index is 0.0588. The van der Waals surface area contributed by atoms with Crippen LogP contribution in [0.4, 0.5) is 32.0 Å². The average molecular weight is 457 g/mol. The highest BCUT2D eigenvalue weighted by Crippen LogP contribution is 2.38. The summed E-state index contributed by atoms with van der Waals surface area (Å²) >= 11 is 0. The molecule has 1 N–H and O–H groups in total. The Hall–Kier alpha value is -2.54. The summed E-state index contributed by atoms with van der Waals surface area (Å²) in [6.07, 6.45) is -9.19. The van der Waals surface area contributed by atoms with Crippen LogP contribution in [-0.4, -0.2) is 16.8 Å². The van der Waals surface area contributed by atoms with Gasteiger partial charge in [0.25, 0.3) is 10.0 Å². The zero-order valence-corrected chi connectivity index (χ0v) is 15.5. The lowest BCUT2D eigenvalue weighted by Crippen LogP contribution is -2.17. The number of hydrogen-bond donors (Lipinski definition) is 1. The van der Waals surface area contributed by atoms with Gasteiger partial charge in [0.1, 0.15) is 0 Å². The van der Waals surface area contributed by atoms with Gasteiger partial charge < -0.3 is 0 Å². The molecule has 2 aromatic carbocycles. The van der Waals surface area contributed by atoms with Gasteiger partial charge in [-0.25, -0.2) is 16.8 Å². The monoisotopic (exact) mass is 457 g/mol. The summed E-state index contributed by atoms with van der Waals surface area (Å²) in [6.45, 7) is 0. The standard InChI is InChI=1S/C16H9F6NO4S2/c17-15(18,19)10-5-11(16(20,21)22)7-13(6-10)29(26,27)23-12-2-1-9-3-4-28(24,25)14(9)8-12/h1-8,23H. The molecule has 1 heterocycles. The number of sulfone groups is 1. The molecule has 3 rings (SSSR count). The Kier molecular flexibility index (Phi) is 4.74. The molecule has 5 nitrogen and oxygen atoms in total. The molecule has 1 aliphatic heterocycles. The lowest BCUT2D eigenvalue weighted by molar-refractivity contribution is -0.143. The van der Waals surface area contributed by atoms with Crippen LogP contribution in [0.15, 0.2) is 51.6 Å². The summed E-state index contributed by atoms with van der Waals surface area (Å²) in [5.74, 6) is 0. The first-order valence-electron chi connectivity index (χ1n) is 7.49. The van der Waals surface area contributed by atoms with Crippen LogP contribution >= 0.6 is 0 Å². The van der Waals surface area contributed by atoms with Gasteiger partial charge in [-0.3, -0.25) is 4.72 Å². The first-order valence-corrected chi connectivity index (χ1v) is 10.5. The minimum atomic E-state index is -5.22. The number of halogens is 6. The summed E-state index contributed by atoms with van der Waals surface area (Å²) in [5.41, 5.74) is -3.68. The molecule has 0 fully saturated rings. The van der Waals surface area contributed by atoms with Crippen molar-refractivity contribution in [2.24, 2.45) is 0 Å². The normalized spacial score (nSPS) is 15.9. The van der Waals surface area contributed by atoms with Crippen LogP contribution in [0.2, 0.25) is 0 Å². The fourth-order valence-electron chi connectivity index (χ4n) is 2.51. The quantitative estimate of drug-likeness (QED) is 0.698. The van der Waals surface area contributed by atoms with E-state index >= 15 is 0 Å². The van der Waals surface area contributed by atoms with Gasteiger partial charge in [-0.1, -0.05) is 6.07 Å². The topological polar surface area (TPSA) is 80.3 Å². The molecule has 0 atom stereocenters. The Balaban J connectivity index is 2.07. The first kappa shape index (κ1) is 21.2. The number of hydrogen-bond acceptors (Lipinski definition) is 4. The van der Waals surface area contributed by atoms with Crippen molar-refractivity contribution in [3.63, 3.8) is 0 Å². The van der Waals surface area contributed by atoms with E-state index in [-0.39, 0.29) is 34.3 Å². The predicted octanol–water partition coefficient (Wildman–Crippen LogP) is 4.28. The van der Waals surface area contributed by atoms with Crippen LogP contribution in [0.5, 0.6) is 0 Å². The molecular formula is C16H9F6NO4S2. The van der Waals surface area contributed by atoms with E-state index in [1.165, 1.54) is 12.1 Å². The van der Waals surface area contributed by atoms with Crippen molar-refractivity contribution >= 4 is 31.6 Å². The number of alkyl halides is 6. The van der Waals surface area contributed by atoms with Gasteiger partial charge in [0.05, 0.1) is 26.6 Å². The van der Waals surface area contributed by atoms with E-state index in [9.17, 15) is 43.2 Å². The Bertz CT molecular complexity index is 1200. The largest absolute Gasteiger partial charge is 0.416 e. The number of nitrogens with one attached hydrogen (secondary N) is 1. The molecule has 0 aromatic heterocycles. The van der Waals surface area contributed by atoms with E-state index in [0.29, 0.717) is 0 Å². The van der Waals surface area contributed by atoms with Crippen LogP contribution < -0.4 is 4.72 Å². The molecule has 29 heavy (non-hydrogen) atoms. The van der Waals surface area contributed by atoms with E-state index < -0.39 is 48.2 Å². The molecule has 0 spiro atoms. The molecule has 0 unspecified atom stereocenters. The van der Waals surface area contributed by atoms with Crippen LogP contribution in [0, 0.1) is 0 Å². The second kappa shape index (κ2) is 6.49. The summed E-state index contributed by atoms with van der Waals surface area (Å²) in [6, 6.07) is 3.20. The molecular weight excluding hydrogens is 448 g/mol. The van der Waals surface area contributed by atoms with Crippen LogP contribution in [0.1, 0.15) is 16.7 Å². The molecule has 0 saturated heterocycles. The summed E-state index contributed by atoms with van der Waals surface area (Å²) in [4.78, 5) is -1.53. The average Bonchev–Trinajstić information content (AvgIpc) is 2.87. The molecule has 0 aliphatic carbocycles. The molecule has 2 aromatic rings. The Labute approximate surface area is 160 Å². The SMILES string of the molecule is O=S1(=O)C=Cc2ccc(NS(=O)(=O)c3cc(C(F)(F)F)cc(C(F)(F)F)c3)cc21. The molecule has 1 aliphatic rings. The first-order chi connectivity index (χ1) is 13.1. The maximum Gasteiger partial charge on any atom is 0.416 e. The Morgan fingerprint density at radius 1 is 0.828 bits per heavy atom. The summed E-state index contributed by atoms with van der Waals surface area (Å²) in [5, 5.41) is 0.873. The maximum absolute atomic E-state index is 12.9. The van der Waals surface area contributed by atoms with Crippen molar-refractivity contribution < 1.29 is 43.2 Å². The van der Waals surface area contributed by atoms with Gasteiger partial charge in [-0.05, 0) is 42.0 Å². The van der Waals surface area contributed by atoms with E-state index in [1.54, 1.807) is 4.72 Å². The van der Waals surface area contributed by atoms with Crippen LogP contribution in [0.3, 0.4) is 0 Å². The van der Waals surface area contributed by atoms with Gasteiger partial charge >= 0.3 is 12.4 Å². The number of fused-ring (bicyclic) bond motifs is 1. The molecule has 0 radical (unpaired) electrons. The lowest BCUT2D eigenvalue weighted by atomic mass is 10.1. The molecule has 0 amide bonds. The van der Waals surface area contributed by atoms with E-state index in [0.717, 1.165) is 17.5 Å². The second-order valence-electron chi connectivity index (χ2n) is 5.95. The molecule has 0 saturated carbocycles. The van der Waals surface area contributed by atoms with Crippen molar-refractivity contribution in [2.45, 2.75) is 22.1 Å². The van der Waals surface area contributed by atoms with Gasteiger partial charge in [-0.15, -0.1) is 0 Å². The van der Waals surface area contributed by atoms with E-state index in [1.807, 2.05) is 0 Å². The predicted molar refractivity (Wildman–Crippen MR) is 89.9 cm³/mol. The van der Waals surface area contributed by atoms with Crippen molar-refractivity contribution in [1.29, 1.82) is 0 Å². The highest BCUT2D eigenvalue weighted by Gasteiger charge is 2.38. The highest BCUT2D eigenvalue weighted by atomic mass is 32.2. The van der Waals surface area contributed by atoms with Gasteiger partial charge in [-0.2, -0.15) is 26.3 Å². The van der Waals surface area contributed by atoms with Gasteiger partial charge in [0.2, 0.25) is 9.84 Å². The van der Waals surface area contributed by atoms with Crippen LogP contribution in [0.25, 0.3) is 6.08 Å². The number of anilines is 1. The van der Waals surface area contributed by atoms with E-state index in [4.69, 9.17) is 0 Å². The highest BCUT2D eigenvalue weighted by molar-refractivity contribution is 7.95. The Morgan fingerprint density at radius 2 is 1.38 bits per heavy atom.